The summed E-state index contributed by atoms with van der Waals surface area (Å²) in [7, 11) is 0. The van der Waals surface area contributed by atoms with Crippen molar-refractivity contribution < 1.29 is 8.78 Å². The van der Waals surface area contributed by atoms with Gasteiger partial charge >= 0.3 is 0 Å². The summed E-state index contributed by atoms with van der Waals surface area (Å²) in [6.07, 6.45) is 16.1. The largest absolute Gasteiger partial charge is 0.207 e. The van der Waals surface area contributed by atoms with Gasteiger partial charge in [-0.3, -0.25) is 0 Å². The van der Waals surface area contributed by atoms with Crippen molar-refractivity contribution in [3.05, 3.63) is 34.4 Å². The molecule has 162 valence electrons. The lowest BCUT2D eigenvalue weighted by molar-refractivity contribution is 0.114. The van der Waals surface area contributed by atoms with Crippen molar-refractivity contribution in [1.82, 2.24) is 0 Å². The molecular formula is C27H40F2. The normalized spacial score (nSPS) is 31.9. The van der Waals surface area contributed by atoms with Crippen molar-refractivity contribution >= 4 is 0 Å². The van der Waals surface area contributed by atoms with Crippen LogP contribution in [0.3, 0.4) is 0 Å². The van der Waals surface area contributed by atoms with Gasteiger partial charge in [0.1, 0.15) is 11.6 Å². The van der Waals surface area contributed by atoms with Gasteiger partial charge in [-0.25, -0.2) is 8.78 Å². The summed E-state index contributed by atoms with van der Waals surface area (Å²) in [6, 6.07) is 1.72. The molecule has 5 unspecified atom stereocenters. The monoisotopic (exact) mass is 402 g/mol. The molecule has 5 atom stereocenters. The van der Waals surface area contributed by atoms with Gasteiger partial charge in [-0.05, 0) is 98.1 Å². The van der Waals surface area contributed by atoms with Gasteiger partial charge < -0.3 is 0 Å². The summed E-state index contributed by atoms with van der Waals surface area (Å²) in [5.41, 5.74) is 2.27. The molecule has 0 nitrogen and oxygen atoms in total. The highest BCUT2D eigenvalue weighted by Gasteiger charge is 2.38. The molecule has 2 saturated carbocycles. The minimum absolute atomic E-state index is 0.0991. The van der Waals surface area contributed by atoms with Crippen LogP contribution in [0.4, 0.5) is 8.78 Å². The van der Waals surface area contributed by atoms with Gasteiger partial charge in [0, 0.05) is 5.56 Å². The molecule has 2 fully saturated rings. The van der Waals surface area contributed by atoms with Crippen LogP contribution in [-0.4, -0.2) is 0 Å². The Kier molecular flexibility index (Phi) is 6.97. The molecule has 0 aliphatic heterocycles. The quantitative estimate of drug-likeness (QED) is 0.419. The Bertz CT molecular complexity index is 694. The maximum absolute atomic E-state index is 15.5. The van der Waals surface area contributed by atoms with E-state index in [2.05, 4.69) is 13.8 Å². The molecule has 3 aliphatic rings. The number of benzene rings is 1. The second-order valence-corrected chi connectivity index (χ2v) is 10.4. The highest BCUT2D eigenvalue weighted by atomic mass is 19.1. The Labute approximate surface area is 176 Å². The smallest absolute Gasteiger partial charge is 0.133 e. The van der Waals surface area contributed by atoms with Crippen LogP contribution < -0.4 is 0 Å². The van der Waals surface area contributed by atoms with Gasteiger partial charge in [0.15, 0.2) is 0 Å². The SMILES string of the molecule is CCCCCC1CCc2c(cc(F)c(C3CCC4CC(CC)CCC4C3)c2F)C1. The summed E-state index contributed by atoms with van der Waals surface area (Å²) in [5, 5.41) is 0. The molecule has 4 rings (SSSR count). The Hall–Kier alpha value is -0.920. The minimum atomic E-state index is -0.249. The van der Waals surface area contributed by atoms with Crippen LogP contribution >= 0.6 is 0 Å². The number of fused-ring (bicyclic) bond motifs is 2. The van der Waals surface area contributed by atoms with Crippen molar-refractivity contribution in [1.29, 1.82) is 0 Å². The highest BCUT2D eigenvalue weighted by molar-refractivity contribution is 5.39. The van der Waals surface area contributed by atoms with Crippen LogP contribution in [0.15, 0.2) is 6.07 Å². The van der Waals surface area contributed by atoms with Crippen LogP contribution in [-0.2, 0) is 12.8 Å². The molecule has 29 heavy (non-hydrogen) atoms. The van der Waals surface area contributed by atoms with Crippen molar-refractivity contribution in [2.45, 2.75) is 110 Å². The average Bonchev–Trinajstić information content (AvgIpc) is 2.73. The van der Waals surface area contributed by atoms with E-state index in [-0.39, 0.29) is 17.6 Å². The molecule has 0 aromatic heterocycles. The van der Waals surface area contributed by atoms with E-state index in [1.54, 1.807) is 6.07 Å². The van der Waals surface area contributed by atoms with Crippen LogP contribution in [0.25, 0.3) is 0 Å². The van der Waals surface area contributed by atoms with Crippen molar-refractivity contribution in [3.8, 4) is 0 Å². The fourth-order valence-electron chi connectivity index (χ4n) is 6.86. The summed E-state index contributed by atoms with van der Waals surface area (Å²) < 4.78 is 30.7. The number of rotatable bonds is 6. The summed E-state index contributed by atoms with van der Waals surface area (Å²) in [5.74, 6) is 2.67. The first-order chi connectivity index (χ1) is 14.1. The Morgan fingerprint density at radius 2 is 1.69 bits per heavy atom. The molecule has 2 heteroatoms. The van der Waals surface area contributed by atoms with Gasteiger partial charge in [0.25, 0.3) is 0 Å². The van der Waals surface area contributed by atoms with Gasteiger partial charge in [0.05, 0.1) is 0 Å². The van der Waals surface area contributed by atoms with Crippen LogP contribution in [0, 0.1) is 35.3 Å². The molecule has 0 radical (unpaired) electrons. The summed E-state index contributed by atoms with van der Waals surface area (Å²) >= 11 is 0. The summed E-state index contributed by atoms with van der Waals surface area (Å²) in [6.45, 7) is 4.54. The Morgan fingerprint density at radius 1 is 0.897 bits per heavy atom. The second-order valence-electron chi connectivity index (χ2n) is 10.4. The third-order valence-corrected chi connectivity index (χ3v) is 8.68. The Balaban J connectivity index is 1.47. The molecule has 0 saturated heterocycles. The van der Waals surface area contributed by atoms with Gasteiger partial charge in [-0.1, -0.05) is 52.4 Å². The topological polar surface area (TPSA) is 0 Å². The first kappa shape index (κ1) is 21.3. The van der Waals surface area contributed by atoms with Crippen LogP contribution in [0.1, 0.15) is 114 Å². The number of hydrogen-bond acceptors (Lipinski definition) is 0. The fraction of sp³-hybridized carbons (Fsp3) is 0.778. The van der Waals surface area contributed by atoms with Crippen molar-refractivity contribution in [2.75, 3.05) is 0 Å². The molecule has 1 aromatic carbocycles. The van der Waals surface area contributed by atoms with E-state index in [4.69, 9.17) is 0 Å². The minimum Gasteiger partial charge on any atom is -0.207 e. The molecule has 0 heterocycles. The third kappa shape index (κ3) is 4.57. The van der Waals surface area contributed by atoms with Crippen LogP contribution in [0.5, 0.6) is 0 Å². The lowest BCUT2D eigenvalue weighted by Gasteiger charge is -2.42. The van der Waals surface area contributed by atoms with Gasteiger partial charge in [-0.2, -0.15) is 0 Å². The zero-order chi connectivity index (χ0) is 20.4. The van der Waals surface area contributed by atoms with Crippen LogP contribution in [0.2, 0.25) is 0 Å². The summed E-state index contributed by atoms with van der Waals surface area (Å²) in [4.78, 5) is 0. The van der Waals surface area contributed by atoms with E-state index in [1.807, 2.05) is 0 Å². The lowest BCUT2D eigenvalue weighted by Crippen LogP contribution is -2.31. The van der Waals surface area contributed by atoms with Crippen molar-refractivity contribution in [3.63, 3.8) is 0 Å². The van der Waals surface area contributed by atoms with Gasteiger partial charge in [0.2, 0.25) is 0 Å². The first-order valence-corrected chi connectivity index (χ1v) is 12.6. The molecule has 0 spiro atoms. The number of unbranched alkanes of at least 4 members (excludes halogenated alkanes) is 2. The average molecular weight is 403 g/mol. The number of halogens is 2. The van der Waals surface area contributed by atoms with E-state index in [1.165, 1.54) is 57.8 Å². The molecule has 0 amide bonds. The highest BCUT2D eigenvalue weighted by Crippen LogP contribution is 2.49. The molecular weight excluding hydrogens is 362 g/mol. The maximum Gasteiger partial charge on any atom is 0.133 e. The van der Waals surface area contributed by atoms with Gasteiger partial charge in [-0.15, -0.1) is 0 Å². The molecule has 0 N–H and O–H groups in total. The molecule has 1 aromatic rings. The third-order valence-electron chi connectivity index (χ3n) is 8.68. The zero-order valence-electron chi connectivity index (χ0n) is 18.6. The van der Waals surface area contributed by atoms with E-state index < -0.39 is 0 Å². The second kappa shape index (κ2) is 9.48. The standard InChI is InChI=1S/C27H40F2/c1-3-5-6-7-19-9-13-24-23(15-19)17-25(28)26(27(24)29)22-12-11-20-14-18(4-2)8-10-21(20)16-22/h17-22H,3-16H2,1-2H3. The molecule has 3 aliphatic carbocycles. The van der Waals surface area contributed by atoms with E-state index in [0.29, 0.717) is 17.4 Å². The first-order valence-electron chi connectivity index (χ1n) is 12.6. The maximum atomic E-state index is 15.5. The fourth-order valence-corrected chi connectivity index (χ4v) is 6.86. The number of hydrogen-bond donors (Lipinski definition) is 0. The lowest BCUT2D eigenvalue weighted by atomic mass is 9.63. The predicted octanol–water partition coefficient (Wildman–Crippen LogP) is 8.36. The molecule has 0 bridgehead atoms. The van der Waals surface area contributed by atoms with E-state index >= 15 is 8.78 Å². The van der Waals surface area contributed by atoms with Crippen molar-refractivity contribution in [2.24, 2.45) is 23.7 Å². The Morgan fingerprint density at radius 3 is 2.48 bits per heavy atom. The predicted molar refractivity (Wildman–Crippen MR) is 117 cm³/mol. The van der Waals surface area contributed by atoms with E-state index in [0.717, 1.165) is 55.1 Å². The zero-order valence-corrected chi connectivity index (χ0v) is 18.6. The van der Waals surface area contributed by atoms with E-state index in [9.17, 15) is 0 Å².